The number of quaternary nitrogens is 1. The number of thiophene rings is 1. The standard InChI is InChI=1S/C24H29N3O2S/c28-22(15-27-13-11-21-19(12-14-30-21)23(27)16-9-10-16)26-20-8-4-3-7-18(20)24(29)25-17-5-1-2-6-17/h3-4,7-8,12,14,16-17,23H,1-2,5-6,9-11,13,15H2,(H,25,29)(H,26,28)/p+1/t23-/m1/s1. The molecule has 2 aromatic rings. The summed E-state index contributed by atoms with van der Waals surface area (Å²) in [6, 6.07) is 10.4. The van der Waals surface area contributed by atoms with Gasteiger partial charge >= 0.3 is 0 Å². The third-order valence-corrected chi connectivity index (χ3v) is 7.84. The Morgan fingerprint density at radius 3 is 2.67 bits per heavy atom. The molecule has 6 heteroatoms. The zero-order chi connectivity index (χ0) is 20.5. The van der Waals surface area contributed by atoms with Gasteiger partial charge in [-0.05, 0) is 49.3 Å². The van der Waals surface area contributed by atoms with Gasteiger partial charge in [0.15, 0.2) is 6.54 Å². The predicted octanol–water partition coefficient (Wildman–Crippen LogP) is 2.95. The lowest BCUT2D eigenvalue weighted by molar-refractivity contribution is -0.928. The van der Waals surface area contributed by atoms with Crippen LogP contribution in [-0.4, -0.2) is 30.9 Å². The lowest BCUT2D eigenvalue weighted by Crippen LogP contribution is -3.14. The van der Waals surface area contributed by atoms with Crippen LogP contribution in [0.2, 0.25) is 0 Å². The van der Waals surface area contributed by atoms with Gasteiger partial charge in [-0.3, -0.25) is 9.59 Å². The van der Waals surface area contributed by atoms with Crippen molar-refractivity contribution in [3.63, 3.8) is 0 Å². The monoisotopic (exact) mass is 424 g/mol. The fraction of sp³-hybridized carbons (Fsp3) is 0.500. The summed E-state index contributed by atoms with van der Waals surface area (Å²) in [6.07, 6.45) is 8.05. The van der Waals surface area contributed by atoms with Gasteiger partial charge in [-0.1, -0.05) is 25.0 Å². The number of hydrogen-bond donors (Lipinski definition) is 3. The van der Waals surface area contributed by atoms with E-state index in [1.165, 1.54) is 41.0 Å². The maximum Gasteiger partial charge on any atom is 0.279 e. The van der Waals surface area contributed by atoms with E-state index >= 15 is 0 Å². The largest absolute Gasteiger partial charge is 0.349 e. The van der Waals surface area contributed by atoms with Crippen LogP contribution in [0.25, 0.3) is 0 Å². The number of anilines is 1. The van der Waals surface area contributed by atoms with E-state index in [-0.39, 0.29) is 17.9 Å². The lowest BCUT2D eigenvalue weighted by Gasteiger charge is -2.32. The Labute approximate surface area is 181 Å². The molecule has 1 aliphatic heterocycles. The van der Waals surface area contributed by atoms with Crippen LogP contribution in [0.5, 0.6) is 0 Å². The molecule has 5 rings (SSSR count). The van der Waals surface area contributed by atoms with E-state index in [1.807, 2.05) is 29.5 Å². The molecule has 2 heterocycles. The number of carbonyl (C=O) groups excluding carboxylic acids is 2. The van der Waals surface area contributed by atoms with Crippen molar-refractivity contribution in [2.45, 2.75) is 57.0 Å². The van der Waals surface area contributed by atoms with E-state index in [4.69, 9.17) is 0 Å². The summed E-state index contributed by atoms with van der Waals surface area (Å²) in [4.78, 5) is 28.6. The van der Waals surface area contributed by atoms with E-state index in [2.05, 4.69) is 22.1 Å². The van der Waals surface area contributed by atoms with Crippen LogP contribution < -0.4 is 15.5 Å². The molecular weight excluding hydrogens is 394 g/mol. The molecule has 2 fully saturated rings. The third-order valence-electron chi connectivity index (χ3n) is 6.85. The number of rotatable bonds is 6. The molecule has 2 amide bonds. The summed E-state index contributed by atoms with van der Waals surface area (Å²) in [5, 5.41) is 8.37. The van der Waals surface area contributed by atoms with Crippen LogP contribution in [0, 0.1) is 5.92 Å². The van der Waals surface area contributed by atoms with E-state index in [9.17, 15) is 9.59 Å². The van der Waals surface area contributed by atoms with Crippen LogP contribution in [0.1, 0.15) is 65.4 Å². The lowest BCUT2D eigenvalue weighted by atomic mass is 9.96. The number of para-hydroxylation sites is 1. The quantitative estimate of drug-likeness (QED) is 0.668. The Kier molecular flexibility index (Phi) is 5.61. The number of fused-ring (bicyclic) bond motifs is 1. The first-order valence-electron chi connectivity index (χ1n) is 11.3. The maximum absolute atomic E-state index is 13.0. The molecule has 30 heavy (non-hydrogen) atoms. The van der Waals surface area contributed by atoms with Gasteiger partial charge in [0, 0.05) is 28.8 Å². The van der Waals surface area contributed by atoms with Crippen LogP contribution in [-0.2, 0) is 11.2 Å². The number of benzene rings is 1. The van der Waals surface area contributed by atoms with Crippen molar-refractivity contribution in [1.29, 1.82) is 0 Å². The minimum absolute atomic E-state index is 0.00422. The summed E-state index contributed by atoms with van der Waals surface area (Å²) in [6.45, 7) is 1.46. The van der Waals surface area contributed by atoms with E-state index in [0.717, 1.165) is 25.8 Å². The van der Waals surface area contributed by atoms with Gasteiger partial charge in [0.25, 0.3) is 11.8 Å². The fourth-order valence-corrected chi connectivity index (χ4v) is 6.15. The van der Waals surface area contributed by atoms with Crippen LogP contribution in [0.3, 0.4) is 0 Å². The Balaban J connectivity index is 1.26. The second-order valence-corrected chi connectivity index (χ2v) is 10.00. The number of nitrogens with one attached hydrogen (secondary N) is 3. The van der Waals surface area contributed by atoms with E-state index in [1.54, 1.807) is 6.07 Å². The highest BCUT2D eigenvalue weighted by Gasteiger charge is 2.43. The van der Waals surface area contributed by atoms with Gasteiger partial charge in [-0.25, -0.2) is 0 Å². The summed E-state index contributed by atoms with van der Waals surface area (Å²) >= 11 is 1.86. The third kappa shape index (κ3) is 4.16. The van der Waals surface area contributed by atoms with Crippen molar-refractivity contribution < 1.29 is 14.5 Å². The molecule has 0 bridgehead atoms. The van der Waals surface area contributed by atoms with Gasteiger partial charge < -0.3 is 15.5 Å². The Morgan fingerprint density at radius 1 is 1.07 bits per heavy atom. The normalized spacial score (nSPS) is 23.7. The average molecular weight is 425 g/mol. The average Bonchev–Trinajstić information content (AvgIpc) is 3.22. The summed E-state index contributed by atoms with van der Waals surface area (Å²) in [5.74, 6) is 0.628. The predicted molar refractivity (Wildman–Crippen MR) is 119 cm³/mol. The van der Waals surface area contributed by atoms with Crippen molar-refractivity contribution in [3.05, 3.63) is 51.7 Å². The Morgan fingerprint density at radius 2 is 1.87 bits per heavy atom. The first kappa shape index (κ1) is 19.8. The second kappa shape index (κ2) is 8.52. The Hall–Kier alpha value is -2.18. The Bertz CT molecular complexity index is 930. The van der Waals surface area contributed by atoms with Crippen molar-refractivity contribution in [2.75, 3.05) is 18.4 Å². The molecule has 1 aromatic carbocycles. The zero-order valence-electron chi connectivity index (χ0n) is 17.3. The van der Waals surface area contributed by atoms with Crippen LogP contribution >= 0.6 is 11.3 Å². The van der Waals surface area contributed by atoms with E-state index < -0.39 is 0 Å². The molecule has 5 nitrogen and oxygen atoms in total. The van der Waals surface area contributed by atoms with Gasteiger partial charge in [0.2, 0.25) is 0 Å². The highest BCUT2D eigenvalue weighted by molar-refractivity contribution is 7.10. The van der Waals surface area contributed by atoms with Gasteiger partial charge in [0.1, 0.15) is 6.04 Å². The molecule has 3 aliphatic rings. The molecule has 0 saturated heterocycles. The smallest absolute Gasteiger partial charge is 0.279 e. The minimum Gasteiger partial charge on any atom is -0.349 e. The fourth-order valence-electron chi connectivity index (χ4n) is 5.22. The maximum atomic E-state index is 13.0. The first-order chi connectivity index (χ1) is 14.7. The highest BCUT2D eigenvalue weighted by Crippen LogP contribution is 2.42. The van der Waals surface area contributed by atoms with Gasteiger partial charge in [-0.2, -0.15) is 0 Å². The molecule has 2 saturated carbocycles. The zero-order valence-corrected chi connectivity index (χ0v) is 18.1. The van der Waals surface area contributed by atoms with Crippen molar-refractivity contribution in [3.8, 4) is 0 Å². The van der Waals surface area contributed by atoms with Gasteiger partial charge in [-0.15, -0.1) is 11.3 Å². The number of hydrogen-bond acceptors (Lipinski definition) is 3. The molecule has 3 N–H and O–H groups in total. The SMILES string of the molecule is O=C(C[NH+]1CCc2sccc2[C@H]1C1CC1)Nc1ccccc1C(=O)NC1CCCC1. The van der Waals surface area contributed by atoms with Crippen molar-refractivity contribution in [2.24, 2.45) is 5.92 Å². The van der Waals surface area contributed by atoms with Crippen LogP contribution in [0.4, 0.5) is 5.69 Å². The molecule has 2 aliphatic carbocycles. The molecule has 1 unspecified atom stereocenters. The molecular formula is C24H30N3O2S+. The topological polar surface area (TPSA) is 62.6 Å². The van der Waals surface area contributed by atoms with Crippen LogP contribution in [0.15, 0.2) is 35.7 Å². The second-order valence-electron chi connectivity index (χ2n) is 9.00. The van der Waals surface area contributed by atoms with Crippen molar-refractivity contribution >= 4 is 28.8 Å². The first-order valence-corrected chi connectivity index (χ1v) is 12.2. The summed E-state index contributed by atoms with van der Waals surface area (Å²) in [7, 11) is 0. The highest BCUT2D eigenvalue weighted by atomic mass is 32.1. The van der Waals surface area contributed by atoms with E-state index in [0.29, 0.717) is 29.8 Å². The molecule has 1 aromatic heterocycles. The molecule has 0 radical (unpaired) electrons. The number of amides is 2. The molecule has 0 spiro atoms. The molecule has 2 atom stereocenters. The molecule has 158 valence electrons. The van der Waals surface area contributed by atoms with Gasteiger partial charge in [0.05, 0.1) is 17.8 Å². The van der Waals surface area contributed by atoms with Crippen molar-refractivity contribution in [1.82, 2.24) is 5.32 Å². The number of carbonyl (C=O) groups is 2. The summed E-state index contributed by atoms with van der Waals surface area (Å²) < 4.78 is 0. The minimum atomic E-state index is -0.0816. The summed E-state index contributed by atoms with van der Waals surface area (Å²) in [5.41, 5.74) is 2.65.